The quantitative estimate of drug-likeness (QED) is 0.384. The monoisotopic (exact) mass is 321 g/mol. The van der Waals surface area contributed by atoms with Crippen LogP contribution in [0.25, 0.3) is 0 Å². The highest BCUT2D eigenvalue weighted by Gasteiger charge is 2.11. The van der Waals surface area contributed by atoms with Gasteiger partial charge in [0.25, 0.3) is 5.91 Å². The van der Waals surface area contributed by atoms with Gasteiger partial charge in [0, 0.05) is 6.54 Å². The maximum absolute atomic E-state index is 11.9. The lowest BCUT2D eigenvalue weighted by Crippen LogP contribution is -2.24. The number of rotatable bonds is 12. The van der Waals surface area contributed by atoms with E-state index in [9.17, 15) is 15.0 Å². The van der Waals surface area contributed by atoms with Crippen LogP contribution in [0.15, 0.2) is 18.2 Å². The first-order valence-electron chi connectivity index (χ1n) is 8.95. The molecule has 130 valence electrons. The largest absolute Gasteiger partial charge is 0.508 e. The maximum Gasteiger partial charge on any atom is 0.255 e. The van der Waals surface area contributed by atoms with Crippen molar-refractivity contribution in [2.24, 2.45) is 0 Å². The van der Waals surface area contributed by atoms with Crippen molar-refractivity contribution in [2.45, 2.75) is 71.1 Å². The molecule has 0 fully saturated rings. The molecule has 3 N–H and O–H groups in total. The predicted octanol–water partition coefficient (Wildman–Crippen LogP) is 4.75. The van der Waals surface area contributed by atoms with Gasteiger partial charge in [-0.25, -0.2) is 0 Å². The average Bonchev–Trinajstić information content (AvgIpc) is 2.54. The summed E-state index contributed by atoms with van der Waals surface area (Å²) in [6, 6.07) is 3.96. The number of nitrogens with one attached hydrogen (secondary N) is 1. The molecule has 0 atom stereocenters. The van der Waals surface area contributed by atoms with E-state index in [4.69, 9.17) is 0 Å². The number of unbranched alkanes of at least 4 members (excludes halogenated alkanes) is 9. The standard InChI is InChI=1S/C19H31NO3/c1-2-3-4-5-6-7-8-9-10-11-14-20-19(23)17-15-16(21)12-13-18(17)22/h12-13,15,21-22H,2-11,14H2,1H3,(H,20,23). The fourth-order valence-electron chi connectivity index (χ4n) is 2.62. The molecule has 0 radical (unpaired) electrons. The number of hydrogen-bond acceptors (Lipinski definition) is 3. The van der Waals surface area contributed by atoms with E-state index in [1.165, 1.54) is 69.6 Å². The molecule has 23 heavy (non-hydrogen) atoms. The summed E-state index contributed by atoms with van der Waals surface area (Å²) in [5.74, 6) is -0.468. The summed E-state index contributed by atoms with van der Waals surface area (Å²) in [5.41, 5.74) is 0.122. The van der Waals surface area contributed by atoms with Crippen molar-refractivity contribution in [3.8, 4) is 11.5 Å². The third-order valence-corrected chi connectivity index (χ3v) is 4.04. The lowest BCUT2D eigenvalue weighted by Gasteiger charge is -2.07. The van der Waals surface area contributed by atoms with Crippen molar-refractivity contribution in [3.63, 3.8) is 0 Å². The van der Waals surface area contributed by atoms with Crippen LogP contribution in [0.3, 0.4) is 0 Å². The molecule has 1 aromatic rings. The zero-order valence-corrected chi connectivity index (χ0v) is 14.3. The summed E-state index contributed by atoms with van der Waals surface area (Å²) < 4.78 is 0. The average molecular weight is 321 g/mol. The Kier molecular flexibility index (Phi) is 9.92. The van der Waals surface area contributed by atoms with Crippen molar-refractivity contribution in [1.29, 1.82) is 0 Å². The molecule has 0 bridgehead atoms. The van der Waals surface area contributed by atoms with Crippen molar-refractivity contribution in [3.05, 3.63) is 23.8 Å². The molecular formula is C19H31NO3. The van der Waals surface area contributed by atoms with Crippen molar-refractivity contribution in [2.75, 3.05) is 6.54 Å². The molecule has 0 saturated heterocycles. The van der Waals surface area contributed by atoms with Gasteiger partial charge in [-0.3, -0.25) is 4.79 Å². The summed E-state index contributed by atoms with van der Waals surface area (Å²) in [6.45, 7) is 2.84. The number of amides is 1. The molecule has 0 spiro atoms. The SMILES string of the molecule is CCCCCCCCCCCCNC(=O)c1cc(O)ccc1O. The van der Waals surface area contributed by atoms with E-state index in [0.717, 1.165) is 12.8 Å². The number of carbonyl (C=O) groups is 1. The Balaban J connectivity index is 2.02. The minimum absolute atomic E-state index is 0.0214. The highest BCUT2D eigenvalue weighted by atomic mass is 16.3. The van der Waals surface area contributed by atoms with Crippen LogP contribution >= 0.6 is 0 Å². The molecule has 0 aromatic heterocycles. The van der Waals surface area contributed by atoms with E-state index in [1.54, 1.807) is 0 Å². The lowest BCUT2D eigenvalue weighted by atomic mass is 10.1. The molecule has 1 rings (SSSR count). The topological polar surface area (TPSA) is 69.6 Å². The first-order chi connectivity index (χ1) is 11.1. The number of benzene rings is 1. The van der Waals surface area contributed by atoms with Gasteiger partial charge in [-0.2, -0.15) is 0 Å². The van der Waals surface area contributed by atoms with Gasteiger partial charge in [-0.1, -0.05) is 64.7 Å². The first kappa shape index (κ1) is 19.3. The Morgan fingerprint density at radius 2 is 1.48 bits per heavy atom. The first-order valence-corrected chi connectivity index (χ1v) is 8.95. The molecule has 1 aromatic carbocycles. The molecule has 0 heterocycles. The Hall–Kier alpha value is -1.71. The highest BCUT2D eigenvalue weighted by Crippen LogP contribution is 2.21. The molecule has 0 aliphatic rings. The number of carbonyl (C=O) groups excluding carboxylic acids is 1. The lowest BCUT2D eigenvalue weighted by molar-refractivity contribution is 0.0950. The molecule has 0 saturated carbocycles. The zero-order valence-electron chi connectivity index (χ0n) is 14.3. The van der Waals surface area contributed by atoms with Crippen molar-refractivity contribution < 1.29 is 15.0 Å². The predicted molar refractivity (Wildman–Crippen MR) is 93.9 cm³/mol. The molecule has 4 heteroatoms. The normalized spacial score (nSPS) is 10.7. The second-order valence-electron chi connectivity index (χ2n) is 6.14. The molecule has 1 amide bonds. The van der Waals surface area contributed by atoms with Gasteiger partial charge in [0.2, 0.25) is 0 Å². The number of aromatic hydroxyl groups is 2. The van der Waals surface area contributed by atoms with Gasteiger partial charge in [0.05, 0.1) is 5.56 Å². The van der Waals surface area contributed by atoms with Crippen LogP contribution in [0.4, 0.5) is 0 Å². The van der Waals surface area contributed by atoms with E-state index in [2.05, 4.69) is 12.2 Å². The third kappa shape index (κ3) is 8.48. The molecule has 4 nitrogen and oxygen atoms in total. The van der Waals surface area contributed by atoms with Gasteiger partial charge in [0.15, 0.2) is 0 Å². The fraction of sp³-hybridized carbons (Fsp3) is 0.632. The van der Waals surface area contributed by atoms with E-state index < -0.39 is 0 Å². The highest BCUT2D eigenvalue weighted by molar-refractivity contribution is 5.97. The number of hydrogen-bond donors (Lipinski definition) is 3. The van der Waals surface area contributed by atoms with E-state index in [-0.39, 0.29) is 23.0 Å². The van der Waals surface area contributed by atoms with Gasteiger partial charge in [0.1, 0.15) is 11.5 Å². The smallest absolute Gasteiger partial charge is 0.255 e. The Morgan fingerprint density at radius 3 is 2.09 bits per heavy atom. The second kappa shape index (κ2) is 11.8. The number of phenols is 2. The van der Waals surface area contributed by atoms with Crippen LogP contribution in [-0.2, 0) is 0 Å². The molecule has 0 aliphatic heterocycles. The van der Waals surface area contributed by atoms with Crippen LogP contribution in [-0.4, -0.2) is 22.7 Å². The third-order valence-electron chi connectivity index (χ3n) is 4.04. The van der Waals surface area contributed by atoms with Crippen LogP contribution in [0, 0.1) is 0 Å². The van der Waals surface area contributed by atoms with Crippen molar-refractivity contribution >= 4 is 5.91 Å². The van der Waals surface area contributed by atoms with E-state index >= 15 is 0 Å². The number of phenolic OH excluding ortho intramolecular Hbond substituents is 2. The van der Waals surface area contributed by atoms with Crippen LogP contribution in [0.2, 0.25) is 0 Å². The van der Waals surface area contributed by atoms with Crippen LogP contribution in [0.1, 0.15) is 81.5 Å². The van der Waals surface area contributed by atoms with Crippen molar-refractivity contribution in [1.82, 2.24) is 5.32 Å². The summed E-state index contributed by atoms with van der Waals surface area (Å²) in [6.07, 6.45) is 12.6. The van der Waals surface area contributed by atoms with Gasteiger partial charge >= 0.3 is 0 Å². The molecular weight excluding hydrogens is 290 g/mol. The Bertz CT molecular complexity index is 460. The zero-order chi connectivity index (χ0) is 16.9. The minimum Gasteiger partial charge on any atom is -0.508 e. The molecule has 0 unspecified atom stereocenters. The Morgan fingerprint density at radius 1 is 0.913 bits per heavy atom. The summed E-state index contributed by atoms with van der Waals surface area (Å²) in [5, 5.41) is 21.7. The van der Waals surface area contributed by atoms with E-state index in [1.807, 2.05) is 0 Å². The second-order valence-corrected chi connectivity index (χ2v) is 6.14. The Labute approximate surface area is 139 Å². The van der Waals surface area contributed by atoms with Gasteiger partial charge in [-0.15, -0.1) is 0 Å². The fourth-order valence-corrected chi connectivity index (χ4v) is 2.62. The maximum atomic E-state index is 11.9. The van der Waals surface area contributed by atoms with E-state index in [0.29, 0.717) is 6.54 Å². The van der Waals surface area contributed by atoms with Gasteiger partial charge in [-0.05, 0) is 24.6 Å². The summed E-state index contributed by atoms with van der Waals surface area (Å²) in [4.78, 5) is 11.9. The minimum atomic E-state index is -0.339. The van der Waals surface area contributed by atoms with Crippen LogP contribution < -0.4 is 5.32 Å². The summed E-state index contributed by atoms with van der Waals surface area (Å²) >= 11 is 0. The summed E-state index contributed by atoms with van der Waals surface area (Å²) in [7, 11) is 0. The molecule has 0 aliphatic carbocycles. The van der Waals surface area contributed by atoms with Gasteiger partial charge < -0.3 is 15.5 Å². The van der Waals surface area contributed by atoms with Crippen LogP contribution in [0.5, 0.6) is 11.5 Å².